The fourth-order valence-corrected chi connectivity index (χ4v) is 2.21. The standard InChI is InChI=1S/C11H14N2OS/c1-7(6-15-2)9-3-8-5-13-11(12)4-10(8)14-9/h3-5,7H,6H2,1-2H3,(H2,12,13). The molecule has 0 fully saturated rings. The van der Waals surface area contributed by atoms with Gasteiger partial charge in [0.25, 0.3) is 0 Å². The lowest BCUT2D eigenvalue weighted by Gasteiger charge is -2.04. The van der Waals surface area contributed by atoms with Crippen molar-refractivity contribution >= 4 is 28.5 Å². The van der Waals surface area contributed by atoms with E-state index in [1.165, 1.54) is 0 Å². The number of anilines is 1. The third-order valence-corrected chi connectivity index (χ3v) is 3.18. The quantitative estimate of drug-likeness (QED) is 0.867. The first-order valence-electron chi connectivity index (χ1n) is 4.84. The fraction of sp³-hybridized carbons (Fsp3) is 0.364. The molecule has 2 N–H and O–H groups in total. The van der Waals surface area contributed by atoms with Gasteiger partial charge in [-0.05, 0) is 12.3 Å². The Hall–Kier alpha value is -1.16. The molecule has 2 aromatic heterocycles. The molecule has 0 spiro atoms. The molecule has 0 amide bonds. The van der Waals surface area contributed by atoms with Crippen molar-refractivity contribution in [1.82, 2.24) is 4.98 Å². The highest BCUT2D eigenvalue weighted by Gasteiger charge is 2.11. The van der Waals surface area contributed by atoms with Gasteiger partial charge in [0.05, 0.1) is 0 Å². The number of hydrogen-bond acceptors (Lipinski definition) is 4. The summed E-state index contributed by atoms with van der Waals surface area (Å²) in [6.07, 6.45) is 3.85. The number of nitrogens with zero attached hydrogens (tertiary/aromatic N) is 1. The van der Waals surface area contributed by atoms with E-state index >= 15 is 0 Å². The van der Waals surface area contributed by atoms with Crippen LogP contribution < -0.4 is 5.73 Å². The number of nitrogen functional groups attached to an aromatic ring is 1. The van der Waals surface area contributed by atoms with Crippen LogP contribution in [0.5, 0.6) is 0 Å². The number of hydrogen-bond donors (Lipinski definition) is 1. The molecule has 1 atom stereocenters. The second-order valence-corrected chi connectivity index (χ2v) is 4.56. The van der Waals surface area contributed by atoms with Gasteiger partial charge < -0.3 is 10.2 Å². The summed E-state index contributed by atoms with van der Waals surface area (Å²) < 4.78 is 5.73. The maximum Gasteiger partial charge on any atom is 0.139 e. The molecule has 0 aliphatic carbocycles. The van der Waals surface area contributed by atoms with Crippen LogP contribution in [-0.2, 0) is 0 Å². The van der Waals surface area contributed by atoms with E-state index in [-0.39, 0.29) is 0 Å². The molecule has 0 aliphatic heterocycles. The summed E-state index contributed by atoms with van der Waals surface area (Å²) in [5.41, 5.74) is 6.42. The van der Waals surface area contributed by atoms with Gasteiger partial charge in [0, 0.05) is 29.3 Å². The normalized spacial score (nSPS) is 13.2. The lowest BCUT2D eigenvalue weighted by atomic mass is 10.1. The predicted molar refractivity (Wildman–Crippen MR) is 65.2 cm³/mol. The molecule has 80 valence electrons. The molecule has 2 rings (SSSR count). The molecule has 1 unspecified atom stereocenters. The number of rotatable bonds is 3. The molecule has 3 nitrogen and oxygen atoms in total. The summed E-state index contributed by atoms with van der Waals surface area (Å²) in [6.45, 7) is 2.16. The molecule has 0 aromatic carbocycles. The minimum Gasteiger partial charge on any atom is -0.461 e. The van der Waals surface area contributed by atoms with Crippen molar-refractivity contribution in [2.75, 3.05) is 17.7 Å². The number of furan rings is 1. The average Bonchev–Trinajstić information content (AvgIpc) is 2.60. The van der Waals surface area contributed by atoms with E-state index in [2.05, 4.69) is 18.2 Å². The van der Waals surface area contributed by atoms with Gasteiger partial charge in [0.15, 0.2) is 0 Å². The smallest absolute Gasteiger partial charge is 0.139 e. The van der Waals surface area contributed by atoms with Crippen LogP contribution in [0.15, 0.2) is 22.7 Å². The van der Waals surface area contributed by atoms with Gasteiger partial charge in [-0.1, -0.05) is 6.92 Å². The van der Waals surface area contributed by atoms with E-state index < -0.39 is 0 Å². The third-order valence-electron chi connectivity index (χ3n) is 2.34. The monoisotopic (exact) mass is 222 g/mol. The van der Waals surface area contributed by atoms with Gasteiger partial charge in [-0.2, -0.15) is 11.8 Å². The van der Waals surface area contributed by atoms with Crippen molar-refractivity contribution in [1.29, 1.82) is 0 Å². The second-order valence-electron chi connectivity index (χ2n) is 3.65. The molecule has 0 radical (unpaired) electrons. The average molecular weight is 222 g/mol. The Morgan fingerprint density at radius 3 is 3.07 bits per heavy atom. The highest BCUT2D eigenvalue weighted by molar-refractivity contribution is 7.98. The second kappa shape index (κ2) is 4.14. The largest absolute Gasteiger partial charge is 0.461 e. The molecule has 0 saturated heterocycles. The number of pyridine rings is 1. The molecule has 0 bridgehead atoms. The summed E-state index contributed by atoms with van der Waals surface area (Å²) in [5.74, 6) is 2.99. The molecule has 0 saturated carbocycles. The predicted octanol–water partition coefficient (Wildman–Crippen LogP) is 2.88. The summed E-state index contributed by atoms with van der Waals surface area (Å²) in [5, 5.41) is 1.02. The number of fused-ring (bicyclic) bond motifs is 1. The Kier molecular flexibility index (Phi) is 2.86. The zero-order valence-electron chi connectivity index (χ0n) is 8.86. The van der Waals surface area contributed by atoms with E-state index in [0.717, 1.165) is 22.5 Å². The highest BCUT2D eigenvalue weighted by Crippen LogP contribution is 2.27. The fourth-order valence-electron chi connectivity index (χ4n) is 1.54. The van der Waals surface area contributed by atoms with Gasteiger partial charge in [-0.15, -0.1) is 0 Å². The van der Waals surface area contributed by atoms with Gasteiger partial charge in [-0.3, -0.25) is 0 Å². The van der Waals surface area contributed by atoms with Crippen LogP contribution in [-0.4, -0.2) is 17.0 Å². The molecule has 2 heterocycles. The van der Waals surface area contributed by atoms with Crippen molar-refractivity contribution in [3.05, 3.63) is 24.1 Å². The lowest BCUT2D eigenvalue weighted by Crippen LogP contribution is -1.93. The minimum atomic E-state index is 0.425. The number of thioether (sulfide) groups is 1. The van der Waals surface area contributed by atoms with E-state index in [0.29, 0.717) is 11.7 Å². The molecule has 4 heteroatoms. The van der Waals surface area contributed by atoms with Gasteiger partial charge in [0.2, 0.25) is 0 Å². The maximum atomic E-state index is 5.73. The van der Waals surface area contributed by atoms with Crippen LogP contribution in [0.4, 0.5) is 5.82 Å². The van der Waals surface area contributed by atoms with Crippen molar-refractivity contribution in [2.24, 2.45) is 0 Å². The molecular formula is C11H14N2OS. The Morgan fingerprint density at radius 2 is 2.33 bits per heavy atom. The topological polar surface area (TPSA) is 52.0 Å². The Balaban J connectivity index is 2.38. The third kappa shape index (κ3) is 2.09. The van der Waals surface area contributed by atoms with Crippen LogP contribution in [0.3, 0.4) is 0 Å². The van der Waals surface area contributed by atoms with Crippen LogP contribution in [0.2, 0.25) is 0 Å². The number of aromatic nitrogens is 1. The van der Waals surface area contributed by atoms with Crippen molar-refractivity contribution in [3.8, 4) is 0 Å². The van der Waals surface area contributed by atoms with E-state index in [4.69, 9.17) is 10.2 Å². The van der Waals surface area contributed by atoms with Crippen LogP contribution in [0, 0.1) is 0 Å². The summed E-state index contributed by atoms with van der Waals surface area (Å²) in [7, 11) is 0. The van der Waals surface area contributed by atoms with E-state index in [9.17, 15) is 0 Å². The Morgan fingerprint density at radius 1 is 1.53 bits per heavy atom. The SMILES string of the molecule is CSCC(C)c1cc2cnc(N)cc2o1. The first-order valence-corrected chi connectivity index (χ1v) is 6.24. The Labute approximate surface area is 93.0 Å². The first-order chi connectivity index (χ1) is 7.20. The van der Waals surface area contributed by atoms with Crippen LogP contribution in [0.25, 0.3) is 11.0 Å². The molecular weight excluding hydrogens is 208 g/mol. The van der Waals surface area contributed by atoms with Gasteiger partial charge in [-0.25, -0.2) is 4.98 Å². The van der Waals surface area contributed by atoms with Crippen molar-refractivity contribution in [3.63, 3.8) is 0 Å². The zero-order chi connectivity index (χ0) is 10.8. The van der Waals surface area contributed by atoms with Gasteiger partial charge >= 0.3 is 0 Å². The van der Waals surface area contributed by atoms with Crippen molar-refractivity contribution in [2.45, 2.75) is 12.8 Å². The summed E-state index contributed by atoms with van der Waals surface area (Å²) in [6, 6.07) is 3.81. The molecule has 2 aromatic rings. The summed E-state index contributed by atoms with van der Waals surface area (Å²) >= 11 is 1.82. The van der Waals surface area contributed by atoms with Gasteiger partial charge in [0.1, 0.15) is 17.2 Å². The summed E-state index contributed by atoms with van der Waals surface area (Å²) in [4.78, 5) is 4.04. The maximum absolute atomic E-state index is 5.73. The lowest BCUT2D eigenvalue weighted by molar-refractivity contribution is 0.524. The molecule has 15 heavy (non-hydrogen) atoms. The van der Waals surface area contributed by atoms with Crippen LogP contribution >= 0.6 is 11.8 Å². The number of nitrogens with two attached hydrogens (primary N) is 1. The van der Waals surface area contributed by atoms with Crippen molar-refractivity contribution < 1.29 is 4.42 Å². The van der Waals surface area contributed by atoms with Crippen LogP contribution in [0.1, 0.15) is 18.6 Å². The zero-order valence-corrected chi connectivity index (χ0v) is 9.67. The Bertz CT molecular complexity index is 467. The van der Waals surface area contributed by atoms with E-state index in [1.54, 1.807) is 12.3 Å². The highest BCUT2D eigenvalue weighted by atomic mass is 32.2. The first kappa shape index (κ1) is 10.4. The van der Waals surface area contributed by atoms with E-state index in [1.807, 2.05) is 17.8 Å². The minimum absolute atomic E-state index is 0.425. The molecule has 0 aliphatic rings.